The fourth-order valence-electron chi connectivity index (χ4n) is 3.76. The highest BCUT2D eigenvalue weighted by molar-refractivity contribution is 5.94. The van der Waals surface area contributed by atoms with Crippen LogP contribution in [0.4, 0.5) is 0 Å². The monoisotopic (exact) mass is 415 g/mol. The highest BCUT2D eigenvalue weighted by atomic mass is 16.5. The van der Waals surface area contributed by atoms with Gasteiger partial charge in [-0.05, 0) is 53.3 Å². The van der Waals surface area contributed by atoms with Crippen molar-refractivity contribution in [2.24, 2.45) is 0 Å². The molecule has 0 aliphatic carbocycles. The van der Waals surface area contributed by atoms with Crippen molar-refractivity contribution in [3.8, 4) is 11.5 Å². The summed E-state index contributed by atoms with van der Waals surface area (Å²) in [4.78, 5) is 13.1. The summed E-state index contributed by atoms with van der Waals surface area (Å²) >= 11 is 0. The predicted molar refractivity (Wildman–Crippen MR) is 123 cm³/mol. The normalized spacial score (nSPS) is 14.0. The Balaban J connectivity index is 1.60. The molecule has 0 saturated heterocycles. The van der Waals surface area contributed by atoms with E-state index in [9.17, 15) is 4.79 Å². The number of benzene rings is 3. The lowest BCUT2D eigenvalue weighted by atomic mass is 9.97. The van der Waals surface area contributed by atoms with Crippen LogP contribution in [0.5, 0.6) is 11.5 Å². The smallest absolute Gasteiger partial charge is 0.251 e. The lowest BCUT2D eigenvalue weighted by Crippen LogP contribution is -2.30. The van der Waals surface area contributed by atoms with Crippen LogP contribution in [-0.4, -0.2) is 19.1 Å². The third-order valence-corrected chi connectivity index (χ3v) is 5.60. The molecule has 0 aromatic heterocycles. The van der Waals surface area contributed by atoms with E-state index in [1.54, 1.807) is 0 Å². The minimum atomic E-state index is -0.183. The van der Waals surface area contributed by atoms with Gasteiger partial charge in [0.05, 0.1) is 19.3 Å². The largest absolute Gasteiger partial charge is 0.490 e. The van der Waals surface area contributed by atoms with Crippen molar-refractivity contribution >= 4 is 5.91 Å². The molecular weight excluding hydrogens is 386 g/mol. The van der Waals surface area contributed by atoms with Gasteiger partial charge in [-0.1, -0.05) is 62.4 Å². The molecule has 1 N–H and O–H groups in total. The molecule has 1 unspecified atom stereocenters. The molecule has 1 amide bonds. The summed E-state index contributed by atoms with van der Waals surface area (Å²) < 4.78 is 11.6. The second-order valence-corrected chi connectivity index (χ2v) is 8.25. The third-order valence-electron chi connectivity index (χ3n) is 5.60. The maximum absolute atomic E-state index is 13.1. The van der Waals surface area contributed by atoms with Crippen molar-refractivity contribution in [2.45, 2.75) is 38.6 Å². The predicted octanol–water partition coefficient (Wildman–Crippen LogP) is 5.69. The van der Waals surface area contributed by atoms with Crippen molar-refractivity contribution in [2.75, 3.05) is 13.2 Å². The summed E-state index contributed by atoms with van der Waals surface area (Å²) in [5, 5.41) is 3.23. The Morgan fingerprint density at radius 2 is 1.55 bits per heavy atom. The van der Waals surface area contributed by atoms with Gasteiger partial charge in [-0.15, -0.1) is 0 Å². The molecule has 0 fully saturated rings. The number of amides is 1. The molecule has 1 heterocycles. The van der Waals surface area contributed by atoms with Crippen LogP contribution in [0.25, 0.3) is 0 Å². The van der Waals surface area contributed by atoms with Crippen LogP contribution in [-0.2, 0) is 6.42 Å². The number of nitrogens with one attached hydrogen (secondary N) is 1. The van der Waals surface area contributed by atoms with Crippen LogP contribution in [0, 0.1) is 0 Å². The number of carbonyl (C=O) groups excluding carboxylic acids is 1. The molecule has 4 rings (SSSR count). The molecule has 31 heavy (non-hydrogen) atoms. The number of ether oxygens (including phenoxy) is 2. The molecular formula is C27H29NO3. The van der Waals surface area contributed by atoms with Gasteiger partial charge in [0.2, 0.25) is 0 Å². The van der Waals surface area contributed by atoms with E-state index in [0.717, 1.165) is 29.0 Å². The molecule has 160 valence electrons. The van der Waals surface area contributed by atoms with Gasteiger partial charge in [0, 0.05) is 12.0 Å². The van der Waals surface area contributed by atoms with Gasteiger partial charge in [0.15, 0.2) is 11.5 Å². The van der Waals surface area contributed by atoms with Gasteiger partial charge in [-0.3, -0.25) is 4.79 Å². The van der Waals surface area contributed by atoms with Crippen LogP contribution in [0.2, 0.25) is 0 Å². The zero-order chi connectivity index (χ0) is 21.6. The first kappa shape index (κ1) is 21.0. The zero-order valence-corrected chi connectivity index (χ0v) is 18.1. The second-order valence-electron chi connectivity index (χ2n) is 8.25. The number of rotatable bonds is 6. The van der Waals surface area contributed by atoms with E-state index < -0.39 is 0 Å². The Bertz CT molecular complexity index is 1010. The number of hydrogen-bond acceptors (Lipinski definition) is 3. The number of fused-ring (bicyclic) bond motifs is 1. The SMILES string of the molecule is CC(C)c1ccc(C(=O)NC(Cc2ccccc2)c2ccc3c(c2)OCCCO3)cc1. The van der Waals surface area contributed by atoms with E-state index in [1.165, 1.54) is 5.56 Å². The average Bonchev–Trinajstić information content (AvgIpc) is 3.04. The van der Waals surface area contributed by atoms with Crippen LogP contribution < -0.4 is 14.8 Å². The Hall–Kier alpha value is -3.27. The summed E-state index contributed by atoms with van der Waals surface area (Å²) in [6.07, 6.45) is 1.55. The quantitative estimate of drug-likeness (QED) is 0.563. The lowest BCUT2D eigenvalue weighted by Gasteiger charge is -2.21. The van der Waals surface area contributed by atoms with Crippen LogP contribution in [0.3, 0.4) is 0 Å². The Kier molecular flexibility index (Phi) is 6.56. The summed E-state index contributed by atoms with van der Waals surface area (Å²) in [5.41, 5.74) is 4.05. The van der Waals surface area contributed by atoms with E-state index in [0.29, 0.717) is 31.1 Å². The highest BCUT2D eigenvalue weighted by Gasteiger charge is 2.20. The van der Waals surface area contributed by atoms with Crippen LogP contribution in [0.1, 0.15) is 59.3 Å². The fourth-order valence-corrected chi connectivity index (χ4v) is 3.76. The Morgan fingerprint density at radius 3 is 2.26 bits per heavy atom. The second kappa shape index (κ2) is 9.69. The molecule has 1 atom stereocenters. The summed E-state index contributed by atoms with van der Waals surface area (Å²) in [6.45, 7) is 5.58. The van der Waals surface area contributed by atoms with Crippen molar-refractivity contribution in [1.29, 1.82) is 0 Å². The molecule has 1 aliphatic rings. The Labute approximate surface area is 184 Å². The molecule has 3 aromatic carbocycles. The van der Waals surface area contributed by atoms with Gasteiger partial charge >= 0.3 is 0 Å². The average molecular weight is 416 g/mol. The van der Waals surface area contributed by atoms with Gasteiger partial charge in [-0.2, -0.15) is 0 Å². The van der Waals surface area contributed by atoms with Crippen molar-refractivity contribution in [3.63, 3.8) is 0 Å². The van der Waals surface area contributed by atoms with E-state index in [-0.39, 0.29) is 11.9 Å². The first-order chi connectivity index (χ1) is 15.1. The maximum Gasteiger partial charge on any atom is 0.251 e. The molecule has 0 saturated carbocycles. The molecule has 0 radical (unpaired) electrons. The summed E-state index contributed by atoms with van der Waals surface area (Å²) in [6, 6.07) is 23.8. The Morgan fingerprint density at radius 1 is 0.871 bits per heavy atom. The molecule has 0 bridgehead atoms. The van der Waals surface area contributed by atoms with Gasteiger partial charge in [0.25, 0.3) is 5.91 Å². The van der Waals surface area contributed by atoms with Gasteiger partial charge in [-0.25, -0.2) is 0 Å². The summed E-state index contributed by atoms with van der Waals surface area (Å²) in [5.74, 6) is 1.85. The third kappa shape index (κ3) is 5.26. The molecule has 4 heteroatoms. The van der Waals surface area contributed by atoms with E-state index >= 15 is 0 Å². The first-order valence-electron chi connectivity index (χ1n) is 10.9. The van der Waals surface area contributed by atoms with Crippen LogP contribution in [0.15, 0.2) is 72.8 Å². The first-order valence-corrected chi connectivity index (χ1v) is 10.9. The summed E-state index contributed by atoms with van der Waals surface area (Å²) in [7, 11) is 0. The molecule has 4 nitrogen and oxygen atoms in total. The van der Waals surface area contributed by atoms with Crippen molar-refractivity contribution < 1.29 is 14.3 Å². The number of carbonyl (C=O) groups is 1. The van der Waals surface area contributed by atoms with Gasteiger partial charge in [0.1, 0.15) is 0 Å². The standard InChI is InChI=1S/C27H29NO3/c1-19(2)21-9-11-22(12-10-21)27(29)28-24(17-20-7-4-3-5-8-20)23-13-14-25-26(18-23)31-16-6-15-30-25/h3-5,7-14,18-19,24H,6,15-17H2,1-2H3,(H,28,29). The lowest BCUT2D eigenvalue weighted by molar-refractivity contribution is 0.0936. The minimum absolute atomic E-state index is 0.0802. The fraction of sp³-hybridized carbons (Fsp3) is 0.296. The molecule has 3 aromatic rings. The van der Waals surface area contributed by atoms with Crippen molar-refractivity contribution in [3.05, 3.63) is 95.1 Å². The topological polar surface area (TPSA) is 47.6 Å². The number of hydrogen-bond donors (Lipinski definition) is 1. The van der Waals surface area contributed by atoms with E-state index in [2.05, 4.69) is 31.3 Å². The molecule has 0 spiro atoms. The van der Waals surface area contributed by atoms with Crippen molar-refractivity contribution in [1.82, 2.24) is 5.32 Å². The minimum Gasteiger partial charge on any atom is -0.490 e. The molecule has 1 aliphatic heterocycles. The van der Waals surface area contributed by atoms with E-state index in [1.807, 2.05) is 60.7 Å². The van der Waals surface area contributed by atoms with Crippen LogP contribution >= 0.6 is 0 Å². The zero-order valence-electron chi connectivity index (χ0n) is 18.1. The van der Waals surface area contributed by atoms with E-state index in [4.69, 9.17) is 9.47 Å². The maximum atomic E-state index is 13.1. The van der Waals surface area contributed by atoms with Gasteiger partial charge < -0.3 is 14.8 Å². The highest BCUT2D eigenvalue weighted by Crippen LogP contribution is 2.33.